The lowest BCUT2D eigenvalue weighted by Gasteiger charge is -2.12. The van der Waals surface area contributed by atoms with Crippen molar-refractivity contribution >= 4 is 51.7 Å². The van der Waals surface area contributed by atoms with Crippen LogP contribution >= 0.6 is 24.0 Å². The summed E-state index contributed by atoms with van der Waals surface area (Å²) in [5, 5.41) is 10.8. The average Bonchev–Trinajstić information content (AvgIpc) is 3.14. The number of benzene rings is 2. The average molecular weight is 453 g/mol. The third-order valence-corrected chi connectivity index (χ3v) is 6.24. The van der Waals surface area contributed by atoms with Crippen LogP contribution in [0, 0.1) is 17.0 Å². The van der Waals surface area contributed by atoms with Crippen molar-refractivity contribution in [1.82, 2.24) is 9.36 Å². The highest BCUT2D eigenvalue weighted by atomic mass is 32.2. The Balaban J connectivity index is 1.73. The maximum atomic E-state index is 13.3. The topological polar surface area (TPSA) is 90.4 Å². The molecular formula is C21H16N4O4S2. The quantitative estimate of drug-likeness (QED) is 0.259. The Kier molecular flexibility index (Phi) is 5.34. The van der Waals surface area contributed by atoms with Gasteiger partial charge < -0.3 is 0 Å². The minimum Gasteiger partial charge on any atom is -0.283 e. The summed E-state index contributed by atoms with van der Waals surface area (Å²) in [4.78, 5) is 38.3. The third kappa shape index (κ3) is 3.60. The molecule has 0 unspecified atom stereocenters. The first-order valence-electron chi connectivity index (χ1n) is 9.16. The number of hydrogen-bond donors (Lipinski definition) is 0. The number of para-hydroxylation sites is 1. The van der Waals surface area contributed by atoms with E-state index < -0.39 is 10.8 Å². The summed E-state index contributed by atoms with van der Waals surface area (Å²) in [6, 6.07) is 15.0. The molecule has 31 heavy (non-hydrogen) atoms. The predicted molar refractivity (Wildman–Crippen MR) is 124 cm³/mol. The third-order valence-electron chi connectivity index (χ3n) is 4.94. The Morgan fingerprint density at radius 1 is 1.06 bits per heavy atom. The number of nitrogens with zero attached hydrogens (tertiary/aromatic N) is 4. The van der Waals surface area contributed by atoms with Crippen molar-refractivity contribution < 1.29 is 9.72 Å². The molecule has 4 rings (SSSR count). The zero-order valence-electron chi connectivity index (χ0n) is 16.5. The van der Waals surface area contributed by atoms with Gasteiger partial charge in [-0.3, -0.25) is 29.3 Å². The SMILES string of the molecule is Cc1c(N2C(=O)/C(=C/c3ccc([N+](=O)[O-])cc3)SC2=S)c(=O)n(-c2ccccc2)n1C. The van der Waals surface area contributed by atoms with E-state index in [-0.39, 0.29) is 21.3 Å². The van der Waals surface area contributed by atoms with Gasteiger partial charge in [0.1, 0.15) is 5.69 Å². The molecule has 2 heterocycles. The van der Waals surface area contributed by atoms with Gasteiger partial charge in [0.15, 0.2) is 4.32 Å². The molecular weight excluding hydrogens is 436 g/mol. The molecule has 0 bridgehead atoms. The number of rotatable bonds is 4. The number of nitro groups is 1. The van der Waals surface area contributed by atoms with Gasteiger partial charge in [0, 0.05) is 19.2 Å². The van der Waals surface area contributed by atoms with Gasteiger partial charge in [-0.25, -0.2) is 4.68 Å². The molecule has 1 aromatic heterocycles. The minimum atomic E-state index is -0.487. The maximum Gasteiger partial charge on any atom is 0.296 e. The first kappa shape index (κ1) is 20.8. The number of thioether (sulfide) groups is 1. The molecule has 1 saturated heterocycles. The monoisotopic (exact) mass is 452 g/mol. The smallest absolute Gasteiger partial charge is 0.283 e. The van der Waals surface area contributed by atoms with Gasteiger partial charge in [-0.05, 0) is 42.8 Å². The molecule has 1 aliphatic heterocycles. The summed E-state index contributed by atoms with van der Waals surface area (Å²) < 4.78 is 3.43. The van der Waals surface area contributed by atoms with Gasteiger partial charge in [0.2, 0.25) is 0 Å². The number of aromatic nitrogens is 2. The van der Waals surface area contributed by atoms with E-state index in [1.165, 1.54) is 21.7 Å². The van der Waals surface area contributed by atoms with Crippen molar-refractivity contribution in [3.05, 3.63) is 91.2 Å². The molecule has 8 nitrogen and oxygen atoms in total. The highest BCUT2D eigenvalue weighted by Crippen LogP contribution is 2.36. The van der Waals surface area contributed by atoms with E-state index in [0.717, 1.165) is 11.8 Å². The fourth-order valence-corrected chi connectivity index (χ4v) is 4.59. The van der Waals surface area contributed by atoms with Crippen LogP contribution in [0.5, 0.6) is 0 Å². The van der Waals surface area contributed by atoms with Crippen LogP contribution in [-0.2, 0) is 11.8 Å². The van der Waals surface area contributed by atoms with Crippen molar-refractivity contribution in [3.8, 4) is 5.69 Å². The summed E-state index contributed by atoms with van der Waals surface area (Å²) in [5.41, 5.74) is 1.72. The fourth-order valence-electron chi connectivity index (χ4n) is 3.32. The second-order valence-corrected chi connectivity index (χ2v) is 8.45. The molecule has 0 saturated carbocycles. The number of carbonyl (C=O) groups is 1. The normalized spacial score (nSPS) is 15.2. The Morgan fingerprint density at radius 3 is 2.32 bits per heavy atom. The van der Waals surface area contributed by atoms with Gasteiger partial charge in [-0.1, -0.05) is 42.2 Å². The van der Waals surface area contributed by atoms with Gasteiger partial charge in [-0.2, -0.15) is 0 Å². The summed E-state index contributed by atoms with van der Waals surface area (Å²) >= 11 is 6.50. The fraction of sp³-hybridized carbons (Fsp3) is 0.0952. The molecule has 1 amide bonds. The number of anilines is 1. The minimum absolute atomic E-state index is 0.0360. The number of amides is 1. The molecule has 0 atom stereocenters. The van der Waals surface area contributed by atoms with Crippen LogP contribution in [0.2, 0.25) is 0 Å². The molecule has 0 aliphatic carbocycles. The lowest BCUT2D eigenvalue weighted by molar-refractivity contribution is -0.384. The van der Waals surface area contributed by atoms with Crippen LogP contribution in [-0.4, -0.2) is 24.5 Å². The first-order valence-corrected chi connectivity index (χ1v) is 10.4. The van der Waals surface area contributed by atoms with Crippen LogP contribution < -0.4 is 10.5 Å². The zero-order valence-corrected chi connectivity index (χ0v) is 18.1. The van der Waals surface area contributed by atoms with Crippen molar-refractivity contribution in [1.29, 1.82) is 0 Å². The van der Waals surface area contributed by atoms with Crippen molar-refractivity contribution in [2.75, 3.05) is 4.90 Å². The first-order chi connectivity index (χ1) is 14.8. The summed E-state index contributed by atoms with van der Waals surface area (Å²) in [6.07, 6.45) is 1.61. The predicted octanol–water partition coefficient (Wildman–Crippen LogP) is 3.80. The lowest BCUT2D eigenvalue weighted by atomic mass is 10.2. The Labute approximate surface area is 186 Å². The van der Waals surface area contributed by atoms with E-state index in [9.17, 15) is 19.7 Å². The van der Waals surface area contributed by atoms with Crippen LogP contribution in [0.3, 0.4) is 0 Å². The lowest BCUT2D eigenvalue weighted by Crippen LogP contribution is -2.33. The van der Waals surface area contributed by atoms with Gasteiger partial charge in [-0.15, -0.1) is 0 Å². The molecule has 1 fully saturated rings. The molecule has 10 heteroatoms. The molecule has 2 aromatic carbocycles. The Bertz CT molecular complexity index is 1310. The molecule has 0 spiro atoms. The largest absolute Gasteiger partial charge is 0.296 e. The molecule has 3 aromatic rings. The highest BCUT2D eigenvalue weighted by molar-refractivity contribution is 8.27. The molecule has 0 radical (unpaired) electrons. The van der Waals surface area contributed by atoms with Crippen molar-refractivity contribution in [3.63, 3.8) is 0 Å². The summed E-state index contributed by atoms with van der Waals surface area (Å²) in [7, 11) is 1.75. The maximum absolute atomic E-state index is 13.3. The van der Waals surface area contributed by atoms with Crippen molar-refractivity contribution in [2.24, 2.45) is 7.05 Å². The van der Waals surface area contributed by atoms with E-state index in [1.807, 2.05) is 30.3 Å². The number of non-ortho nitro benzene ring substituents is 1. The zero-order chi connectivity index (χ0) is 22.3. The Morgan fingerprint density at radius 2 is 1.71 bits per heavy atom. The van der Waals surface area contributed by atoms with E-state index in [1.54, 1.807) is 36.9 Å². The number of hydrogen-bond acceptors (Lipinski definition) is 6. The van der Waals surface area contributed by atoms with Crippen LogP contribution in [0.15, 0.2) is 64.3 Å². The highest BCUT2D eigenvalue weighted by Gasteiger charge is 2.37. The van der Waals surface area contributed by atoms with Crippen LogP contribution in [0.4, 0.5) is 11.4 Å². The van der Waals surface area contributed by atoms with E-state index in [2.05, 4.69) is 0 Å². The molecule has 156 valence electrons. The molecule has 1 aliphatic rings. The van der Waals surface area contributed by atoms with E-state index >= 15 is 0 Å². The van der Waals surface area contributed by atoms with E-state index in [4.69, 9.17) is 12.2 Å². The second kappa shape index (κ2) is 7.97. The second-order valence-electron chi connectivity index (χ2n) is 6.78. The molecule has 0 N–H and O–H groups in total. The number of carbonyl (C=O) groups excluding carboxylic acids is 1. The van der Waals surface area contributed by atoms with E-state index in [0.29, 0.717) is 21.8 Å². The summed E-state index contributed by atoms with van der Waals surface area (Å²) in [5.74, 6) is -0.403. The van der Waals surface area contributed by atoms with Crippen LogP contribution in [0.1, 0.15) is 11.3 Å². The van der Waals surface area contributed by atoms with Gasteiger partial charge in [0.25, 0.3) is 17.2 Å². The van der Waals surface area contributed by atoms with Gasteiger partial charge in [0.05, 0.1) is 21.2 Å². The van der Waals surface area contributed by atoms with Crippen LogP contribution in [0.25, 0.3) is 11.8 Å². The van der Waals surface area contributed by atoms with Gasteiger partial charge >= 0.3 is 0 Å². The standard InChI is InChI=1S/C21H16N4O4S2/c1-13-18(20(27)24(22(13)2)15-6-4-3-5-7-15)23-19(26)17(31-21(23)30)12-14-8-10-16(11-9-14)25(28)29/h3-12H,1-2H3/b17-12-. The Hall–Kier alpha value is -3.50. The number of thiocarbonyl (C=S) groups is 1. The number of nitro benzene ring substituents is 1. The van der Waals surface area contributed by atoms with Crippen molar-refractivity contribution in [2.45, 2.75) is 6.92 Å². The summed E-state index contributed by atoms with van der Waals surface area (Å²) in [6.45, 7) is 1.76.